The molecule has 1 aromatic rings. The number of halogens is 1. The Bertz CT molecular complexity index is 419. The standard InChI is InChI=1S/C15H20ClNO/c1-11-5-4-7-12(9-11)15(18)17-10-13-6-2-3-8-14(13)16/h4-5,7,9,13-14H,2-3,6,8,10H2,1H3,(H,17,18). The number of carbonyl (C=O) groups excluding carboxylic acids is 1. The summed E-state index contributed by atoms with van der Waals surface area (Å²) in [6.45, 7) is 2.69. The predicted octanol–water partition coefficient (Wildman–Crippen LogP) is 3.52. The summed E-state index contributed by atoms with van der Waals surface area (Å²) in [5, 5.41) is 3.22. The van der Waals surface area contributed by atoms with Gasteiger partial charge in [-0.05, 0) is 37.8 Å². The lowest BCUT2D eigenvalue weighted by Gasteiger charge is -2.27. The minimum atomic E-state index is 0.00754. The fourth-order valence-electron chi connectivity index (χ4n) is 2.50. The summed E-state index contributed by atoms with van der Waals surface area (Å²) in [5.41, 5.74) is 1.84. The largest absolute Gasteiger partial charge is 0.352 e. The number of hydrogen-bond acceptors (Lipinski definition) is 1. The number of rotatable bonds is 3. The van der Waals surface area contributed by atoms with Crippen molar-refractivity contribution in [1.82, 2.24) is 5.32 Å². The lowest BCUT2D eigenvalue weighted by Crippen LogP contribution is -2.34. The van der Waals surface area contributed by atoms with Gasteiger partial charge in [0.1, 0.15) is 0 Å². The summed E-state index contributed by atoms with van der Waals surface area (Å²) in [4.78, 5) is 12.0. The molecule has 1 N–H and O–H groups in total. The first kappa shape index (κ1) is 13.4. The van der Waals surface area contributed by atoms with Crippen LogP contribution >= 0.6 is 11.6 Å². The first-order chi connectivity index (χ1) is 8.66. The molecule has 1 aliphatic rings. The highest BCUT2D eigenvalue weighted by atomic mass is 35.5. The fraction of sp³-hybridized carbons (Fsp3) is 0.533. The first-order valence-corrected chi connectivity index (χ1v) is 7.09. The Balaban J connectivity index is 1.88. The van der Waals surface area contributed by atoms with Gasteiger partial charge in [0.2, 0.25) is 0 Å². The third-order valence-electron chi connectivity index (χ3n) is 3.62. The fourth-order valence-corrected chi connectivity index (χ4v) is 2.87. The van der Waals surface area contributed by atoms with Crippen LogP contribution in [-0.2, 0) is 0 Å². The highest BCUT2D eigenvalue weighted by Crippen LogP contribution is 2.28. The second-order valence-corrected chi connectivity index (χ2v) is 5.70. The maximum atomic E-state index is 12.0. The van der Waals surface area contributed by atoms with Gasteiger partial charge in [-0.2, -0.15) is 0 Å². The van der Waals surface area contributed by atoms with Crippen LogP contribution in [0.4, 0.5) is 0 Å². The molecule has 1 fully saturated rings. The Morgan fingerprint density at radius 2 is 2.17 bits per heavy atom. The van der Waals surface area contributed by atoms with E-state index in [1.807, 2.05) is 31.2 Å². The van der Waals surface area contributed by atoms with Crippen molar-refractivity contribution in [2.24, 2.45) is 5.92 Å². The smallest absolute Gasteiger partial charge is 0.251 e. The molecule has 2 nitrogen and oxygen atoms in total. The van der Waals surface area contributed by atoms with E-state index in [1.54, 1.807) is 0 Å². The van der Waals surface area contributed by atoms with Crippen LogP contribution < -0.4 is 5.32 Å². The Kier molecular flexibility index (Phi) is 4.65. The zero-order valence-corrected chi connectivity index (χ0v) is 11.5. The van der Waals surface area contributed by atoms with Crippen LogP contribution in [0.5, 0.6) is 0 Å². The number of alkyl halides is 1. The average Bonchev–Trinajstić information content (AvgIpc) is 2.37. The normalized spacial score (nSPS) is 23.7. The van der Waals surface area contributed by atoms with E-state index in [1.165, 1.54) is 12.8 Å². The number of carbonyl (C=O) groups is 1. The van der Waals surface area contributed by atoms with E-state index in [9.17, 15) is 4.79 Å². The maximum absolute atomic E-state index is 12.0. The van der Waals surface area contributed by atoms with Crippen molar-refractivity contribution in [2.75, 3.05) is 6.54 Å². The molecule has 0 spiro atoms. The van der Waals surface area contributed by atoms with Gasteiger partial charge < -0.3 is 5.32 Å². The molecule has 0 radical (unpaired) electrons. The van der Waals surface area contributed by atoms with Crippen LogP contribution in [0.25, 0.3) is 0 Å². The number of amides is 1. The third-order valence-corrected chi connectivity index (χ3v) is 4.20. The number of aryl methyl sites for hydroxylation is 1. The van der Waals surface area contributed by atoms with Crippen molar-refractivity contribution in [2.45, 2.75) is 38.0 Å². The summed E-state index contributed by atoms with van der Waals surface area (Å²) in [6, 6.07) is 7.66. The summed E-state index contributed by atoms with van der Waals surface area (Å²) < 4.78 is 0. The number of nitrogens with one attached hydrogen (secondary N) is 1. The second-order valence-electron chi connectivity index (χ2n) is 5.14. The van der Waals surface area contributed by atoms with E-state index < -0.39 is 0 Å². The Morgan fingerprint density at radius 3 is 2.89 bits per heavy atom. The Morgan fingerprint density at radius 1 is 1.39 bits per heavy atom. The quantitative estimate of drug-likeness (QED) is 0.833. The van der Waals surface area contributed by atoms with Gasteiger partial charge in [0.25, 0.3) is 5.91 Å². The van der Waals surface area contributed by atoms with E-state index in [2.05, 4.69) is 5.32 Å². The molecule has 1 aliphatic carbocycles. The molecule has 0 aliphatic heterocycles. The van der Waals surface area contributed by atoms with Crippen molar-refractivity contribution in [3.05, 3.63) is 35.4 Å². The minimum Gasteiger partial charge on any atom is -0.352 e. The van der Waals surface area contributed by atoms with Crippen molar-refractivity contribution < 1.29 is 4.79 Å². The molecule has 2 rings (SSSR count). The zero-order valence-electron chi connectivity index (χ0n) is 10.8. The van der Waals surface area contributed by atoms with Gasteiger partial charge in [0.05, 0.1) is 0 Å². The monoisotopic (exact) mass is 265 g/mol. The highest BCUT2D eigenvalue weighted by Gasteiger charge is 2.23. The van der Waals surface area contributed by atoms with Gasteiger partial charge in [0.15, 0.2) is 0 Å². The maximum Gasteiger partial charge on any atom is 0.251 e. The van der Waals surface area contributed by atoms with Gasteiger partial charge in [0, 0.05) is 17.5 Å². The van der Waals surface area contributed by atoms with E-state index in [4.69, 9.17) is 11.6 Å². The third kappa shape index (κ3) is 3.49. The second kappa shape index (κ2) is 6.24. The van der Waals surface area contributed by atoms with Gasteiger partial charge in [-0.3, -0.25) is 4.79 Å². The molecule has 2 unspecified atom stereocenters. The molecule has 1 amide bonds. The molecule has 1 aromatic carbocycles. The lowest BCUT2D eigenvalue weighted by atomic mass is 9.88. The summed E-state index contributed by atoms with van der Waals surface area (Å²) >= 11 is 6.29. The zero-order chi connectivity index (χ0) is 13.0. The summed E-state index contributed by atoms with van der Waals surface area (Å²) in [5.74, 6) is 0.433. The van der Waals surface area contributed by atoms with Crippen LogP contribution in [0.2, 0.25) is 0 Å². The first-order valence-electron chi connectivity index (χ1n) is 6.66. The van der Waals surface area contributed by atoms with Crippen LogP contribution in [0.15, 0.2) is 24.3 Å². The minimum absolute atomic E-state index is 0.00754. The molecule has 0 bridgehead atoms. The van der Waals surface area contributed by atoms with E-state index in [-0.39, 0.29) is 11.3 Å². The Labute approximate surface area is 114 Å². The Hall–Kier alpha value is -1.02. The van der Waals surface area contributed by atoms with E-state index in [0.717, 1.165) is 24.0 Å². The van der Waals surface area contributed by atoms with Crippen LogP contribution in [0.1, 0.15) is 41.6 Å². The molecule has 0 heterocycles. The van der Waals surface area contributed by atoms with Gasteiger partial charge in [-0.25, -0.2) is 0 Å². The SMILES string of the molecule is Cc1cccc(C(=O)NCC2CCCCC2Cl)c1. The molecule has 3 heteroatoms. The molecule has 1 saturated carbocycles. The lowest BCUT2D eigenvalue weighted by molar-refractivity contribution is 0.0944. The predicted molar refractivity (Wildman–Crippen MR) is 75.1 cm³/mol. The summed E-state index contributed by atoms with van der Waals surface area (Å²) in [7, 11) is 0. The summed E-state index contributed by atoms with van der Waals surface area (Å²) in [6.07, 6.45) is 4.65. The highest BCUT2D eigenvalue weighted by molar-refractivity contribution is 6.20. The van der Waals surface area contributed by atoms with Crippen LogP contribution in [0.3, 0.4) is 0 Å². The topological polar surface area (TPSA) is 29.1 Å². The van der Waals surface area contributed by atoms with E-state index >= 15 is 0 Å². The van der Waals surface area contributed by atoms with Crippen LogP contribution in [-0.4, -0.2) is 17.8 Å². The molecule has 2 atom stereocenters. The molecule has 0 saturated heterocycles. The number of hydrogen-bond donors (Lipinski definition) is 1. The molecular weight excluding hydrogens is 246 g/mol. The van der Waals surface area contributed by atoms with Crippen molar-refractivity contribution in [3.63, 3.8) is 0 Å². The van der Waals surface area contributed by atoms with Crippen LogP contribution in [0, 0.1) is 12.8 Å². The molecule has 0 aromatic heterocycles. The molecule has 98 valence electrons. The van der Waals surface area contributed by atoms with Crippen molar-refractivity contribution >= 4 is 17.5 Å². The van der Waals surface area contributed by atoms with Gasteiger partial charge in [-0.1, -0.05) is 30.5 Å². The number of benzene rings is 1. The van der Waals surface area contributed by atoms with Gasteiger partial charge in [-0.15, -0.1) is 11.6 Å². The van der Waals surface area contributed by atoms with Gasteiger partial charge >= 0.3 is 0 Å². The average molecular weight is 266 g/mol. The van der Waals surface area contributed by atoms with Crippen molar-refractivity contribution in [1.29, 1.82) is 0 Å². The van der Waals surface area contributed by atoms with E-state index in [0.29, 0.717) is 12.5 Å². The molecule has 18 heavy (non-hydrogen) atoms. The van der Waals surface area contributed by atoms with Crippen molar-refractivity contribution in [3.8, 4) is 0 Å². The molecular formula is C15H20ClNO.